The maximum atomic E-state index is 12.2. The van der Waals surface area contributed by atoms with Gasteiger partial charge in [0, 0.05) is 34.7 Å². The van der Waals surface area contributed by atoms with Gasteiger partial charge in [-0.25, -0.2) is 0 Å². The summed E-state index contributed by atoms with van der Waals surface area (Å²) in [5.41, 5.74) is 1.48. The van der Waals surface area contributed by atoms with Crippen LogP contribution in [0.3, 0.4) is 0 Å². The maximum absolute atomic E-state index is 12.2. The number of benzene rings is 1. The standard InChI is InChI=1S/C15H15ClINO3/c1-9(18-15(19)12-7-8-21-14(12)17)13(20-2)10-3-5-11(16)6-4-10/h3-9,13H,1-2H3,(H,18,19)/t9-,13+/m1/s1. The number of halogens is 2. The molecule has 0 bridgehead atoms. The Morgan fingerprint density at radius 1 is 1.33 bits per heavy atom. The predicted molar refractivity (Wildman–Crippen MR) is 89.6 cm³/mol. The molecule has 0 saturated heterocycles. The summed E-state index contributed by atoms with van der Waals surface area (Å²) < 4.78 is 11.2. The Labute approximate surface area is 141 Å². The van der Waals surface area contributed by atoms with E-state index in [-0.39, 0.29) is 18.1 Å². The number of hydrogen-bond donors (Lipinski definition) is 1. The van der Waals surface area contributed by atoms with Gasteiger partial charge in [-0.3, -0.25) is 4.79 Å². The third-order valence-electron chi connectivity index (χ3n) is 3.13. The Morgan fingerprint density at radius 2 is 2.00 bits per heavy atom. The second-order valence-electron chi connectivity index (χ2n) is 4.58. The van der Waals surface area contributed by atoms with Gasteiger partial charge in [0.1, 0.15) is 6.10 Å². The van der Waals surface area contributed by atoms with Crippen LogP contribution in [0.2, 0.25) is 5.02 Å². The molecule has 0 fully saturated rings. The highest BCUT2D eigenvalue weighted by atomic mass is 127. The summed E-state index contributed by atoms with van der Waals surface area (Å²) >= 11 is 7.87. The number of amides is 1. The van der Waals surface area contributed by atoms with Crippen LogP contribution in [0.15, 0.2) is 41.0 Å². The molecule has 0 unspecified atom stereocenters. The molecule has 1 aromatic heterocycles. The van der Waals surface area contributed by atoms with Crippen molar-refractivity contribution >= 4 is 40.1 Å². The number of hydrogen-bond acceptors (Lipinski definition) is 3. The van der Waals surface area contributed by atoms with Crippen LogP contribution in [0.5, 0.6) is 0 Å². The van der Waals surface area contributed by atoms with E-state index in [4.69, 9.17) is 20.8 Å². The van der Waals surface area contributed by atoms with Gasteiger partial charge in [0.2, 0.25) is 0 Å². The Kier molecular flexibility index (Phi) is 5.66. The van der Waals surface area contributed by atoms with Crippen LogP contribution < -0.4 is 5.32 Å². The fourth-order valence-electron chi connectivity index (χ4n) is 2.10. The number of carbonyl (C=O) groups is 1. The van der Waals surface area contributed by atoms with Gasteiger partial charge in [0.15, 0.2) is 3.77 Å². The van der Waals surface area contributed by atoms with Crippen molar-refractivity contribution < 1.29 is 13.9 Å². The molecule has 2 rings (SSSR count). The van der Waals surface area contributed by atoms with E-state index >= 15 is 0 Å². The molecular weight excluding hydrogens is 405 g/mol. The normalized spacial score (nSPS) is 13.7. The largest absolute Gasteiger partial charge is 0.458 e. The molecule has 0 aliphatic rings. The van der Waals surface area contributed by atoms with E-state index in [0.717, 1.165) is 5.56 Å². The van der Waals surface area contributed by atoms with Gasteiger partial charge < -0.3 is 14.5 Å². The number of furan rings is 1. The molecule has 0 saturated carbocycles. The maximum Gasteiger partial charge on any atom is 0.255 e. The molecule has 0 aliphatic heterocycles. The van der Waals surface area contributed by atoms with Crippen LogP contribution in [-0.4, -0.2) is 19.1 Å². The average Bonchev–Trinajstić information content (AvgIpc) is 2.88. The minimum atomic E-state index is -0.254. The molecular formula is C15H15ClINO3. The van der Waals surface area contributed by atoms with E-state index in [0.29, 0.717) is 14.4 Å². The van der Waals surface area contributed by atoms with Gasteiger partial charge in [-0.1, -0.05) is 23.7 Å². The highest BCUT2D eigenvalue weighted by Gasteiger charge is 2.22. The Bertz CT molecular complexity index is 612. The van der Waals surface area contributed by atoms with Crippen LogP contribution >= 0.6 is 34.2 Å². The van der Waals surface area contributed by atoms with Crippen molar-refractivity contribution in [2.45, 2.75) is 19.1 Å². The van der Waals surface area contributed by atoms with Crippen molar-refractivity contribution in [2.24, 2.45) is 0 Å². The lowest BCUT2D eigenvalue weighted by atomic mass is 10.0. The van der Waals surface area contributed by atoms with Gasteiger partial charge >= 0.3 is 0 Å². The first-order valence-electron chi connectivity index (χ1n) is 6.35. The number of nitrogens with one attached hydrogen (secondary N) is 1. The van der Waals surface area contributed by atoms with Gasteiger partial charge in [-0.2, -0.15) is 0 Å². The monoisotopic (exact) mass is 419 g/mol. The number of rotatable bonds is 5. The number of methoxy groups -OCH3 is 1. The fourth-order valence-corrected chi connectivity index (χ4v) is 2.79. The van der Waals surface area contributed by atoms with Crippen molar-refractivity contribution in [3.8, 4) is 0 Å². The topological polar surface area (TPSA) is 51.5 Å². The summed E-state index contributed by atoms with van der Waals surface area (Å²) in [7, 11) is 1.61. The van der Waals surface area contributed by atoms with Gasteiger partial charge in [-0.05, 0) is 30.7 Å². The molecule has 21 heavy (non-hydrogen) atoms. The highest BCUT2D eigenvalue weighted by molar-refractivity contribution is 14.1. The second kappa shape index (κ2) is 7.29. The van der Waals surface area contributed by atoms with E-state index in [1.165, 1.54) is 6.26 Å². The highest BCUT2D eigenvalue weighted by Crippen LogP contribution is 2.23. The average molecular weight is 420 g/mol. The molecule has 112 valence electrons. The van der Waals surface area contributed by atoms with E-state index in [1.807, 2.05) is 41.6 Å². The third kappa shape index (κ3) is 3.99. The predicted octanol–water partition coefficient (Wildman–Crippen LogP) is 4.04. The van der Waals surface area contributed by atoms with Crippen molar-refractivity contribution in [1.82, 2.24) is 5.32 Å². The first kappa shape index (κ1) is 16.3. The van der Waals surface area contributed by atoms with Crippen molar-refractivity contribution in [1.29, 1.82) is 0 Å². The number of ether oxygens (including phenoxy) is 1. The van der Waals surface area contributed by atoms with Crippen molar-refractivity contribution in [3.63, 3.8) is 0 Å². The van der Waals surface area contributed by atoms with E-state index in [2.05, 4.69) is 5.32 Å². The molecule has 1 amide bonds. The summed E-state index contributed by atoms with van der Waals surface area (Å²) in [6.07, 6.45) is 1.24. The lowest BCUT2D eigenvalue weighted by Gasteiger charge is -2.24. The first-order valence-corrected chi connectivity index (χ1v) is 7.80. The minimum absolute atomic E-state index is 0.184. The smallest absolute Gasteiger partial charge is 0.255 e. The Balaban J connectivity index is 2.10. The quantitative estimate of drug-likeness (QED) is 0.744. The second-order valence-corrected chi connectivity index (χ2v) is 5.99. The molecule has 0 aliphatic carbocycles. The van der Waals surface area contributed by atoms with E-state index < -0.39 is 0 Å². The zero-order valence-electron chi connectivity index (χ0n) is 11.6. The minimum Gasteiger partial charge on any atom is -0.458 e. The molecule has 1 aromatic carbocycles. The summed E-state index contributed by atoms with van der Waals surface area (Å²) in [6.45, 7) is 1.90. The summed E-state index contributed by atoms with van der Waals surface area (Å²) in [5, 5.41) is 3.59. The third-order valence-corrected chi connectivity index (χ3v) is 4.22. The SMILES string of the molecule is CO[C@H](c1ccc(Cl)cc1)[C@@H](C)NC(=O)c1ccoc1I. The van der Waals surface area contributed by atoms with E-state index in [9.17, 15) is 4.79 Å². The molecule has 6 heteroatoms. The lowest BCUT2D eigenvalue weighted by Crippen LogP contribution is -2.37. The summed E-state index contributed by atoms with van der Waals surface area (Å²) in [5.74, 6) is -0.184. The Morgan fingerprint density at radius 3 is 2.52 bits per heavy atom. The van der Waals surface area contributed by atoms with E-state index in [1.54, 1.807) is 25.3 Å². The van der Waals surface area contributed by atoms with Crippen LogP contribution in [0, 0.1) is 3.77 Å². The molecule has 2 aromatic rings. The molecule has 2 atom stereocenters. The summed E-state index contributed by atoms with van der Waals surface area (Å²) in [4.78, 5) is 12.2. The van der Waals surface area contributed by atoms with Crippen molar-refractivity contribution in [3.05, 3.63) is 56.5 Å². The van der Waals surface area contributed by atoms with Crippen LogP contribution in [-0.2, 0) is 4.74 Å². The zero-order chi connectivity index (χ0) is 15.4. The molecule has 1 heterocycles. The van der Waals surface area contributed by atoms with Gasteiger partial charge in [0.05, 0.1) is 17.9 Å². The molecule has 0 radical (unpaired) electrons. The van der Waals surface area contributed by atoms with Gasteiger partial charge in [0.25, 0.3) is 5.91 Å². The number of carbonyl (C=O) groups excluding carboxylic acids is 1. The van der Waals surface area contributed by atoms with Crippen molar-refractivity contribution in [2.75, 3.05) is 7.11 Å². The van der Waals surface area contributed by atoms with Crippen LogP contribution in [0.4, 0.5) is 0 Å². The van der Waals surface area contributed by atoms with Crippen LogP contribution in [0.1, 0.15) is 28.9 Å². The zero-order valence-corrected chi connectivity index (χ0v) is 14.5. The molecule has 1 N–H and O–H groups in total. The first-order chi connectivity index (χ1) is 10.0. The van der Waals surface area contributed by atoms with Gasteiger partial charge in [-0.15, -0.1) is 0 Å². The lowest BCUT2D eigenvalue weighted by molar-refractivity contribution is 0.0644. The summed E-state index contributed by atoms with van der Waals surface area (Å²) in [6, 6.07) is 8.83. The molecule has 0 spiro atoms. The fraction of sp³-hybridized carbons (Fsp3) is 0.267. The van der Waals surface area contributed by atoms with Crippen LogP contribution in [0.25, 0.3) is 0 Å². The Hall–Kier alpha value is -1.05. The molecule has 4 nitrogen and oxygen atoms in total.